The second-order valence-corrected chi connectivity index (χ2v) is 9.20. The number of hydrogen-bond donors (Lipinski definition) is 2. The van der Waals surface area contributed by atoms with Crippen LogP contribution in [-0.2, 0) is 6.54 Å². The molecule has 0 atom stereocenters. The van der Waals surface area contributed by atoms with E-state index >= 15 is 0 Å². The van der Waals surface area contributed by atoms with Crippen LogP contribution in [0.15, 0.2) is 42.5 Å². The molecule has 4 N–H and O–H groups in total. The Morgan fingerprint density at radius 2 is 1.85 bits per heavy atom. The van der Waals surface area contributed by atoms with Crippen molar-refractivity contribution in [2.75, 3.05) is 32.5 Å². The van der Waals surface area contributed by atoms with E-state index in [4.69, 9.17) is 26.3 Å². The van der Waals surface area contributed by atoms with Gasteiger partial charge in [-0.3, -0.25) is 4.90 Å². The van der Waals surface area contributed by atoms with Crippen LogP contribution in [0.25, 0.3) is 16.6 Å². The number of rotatable bonds is 9. The van der Waals surface area contributed by atoms with Crippen LogP contribution in [0.3, 0.4) is 0 Å². The highest BCUT2D eigenvalue weighted by atomic mass is 16.5. The van der Waals surface area contributed by atoms with Crippen LogP contribution in [0, 0.1) is 0 Å². The Bertz CT molecular complexity index is 1270. The fraction of sp³-hybridized carbons (Fsp3) is 0.423. The van der Waals surface area contributed by atoms with Crippen LogP contribution in [0.4, 0.5) is 5.95 Å². The lowest BCUT2D eigenvalue weighted by atomic mass is 9.71. The molecule has 4 aromatic rings. The molecule has 0 saturated heterocycles. The molecule has 1 aliphatic rings. The van der Waals surface area contributed by atoms with Crippen LogP contribution < -0.4 is 16.2 Å². The minimum atomic E-state index is 0.323. The lowest BCUT2D eigenvalue weighted by Crippen LogP contribution is -2.29. The zero-order valence-corrected chi connectivity index (χ0v) is 19.9. The van der Waals surface area contributed by atoms with E-state index in [1.54, 1.807) is 11.6 Å². The highest BCUT2D eigenvalue weighted by Crippen LogP contribution is 2.47. The predicted molar refractivity (Wildman–Crippen MR) is 135 cm³/mol. The second-order valence-electron chi connectivity index (χ2n) is 9.20. The van der Waals surface area contributed by atoms with Crippen molar-refractivity contribution in [2.45, 2.75) is 44.6 Å². The number of aromatic nitrogens is 4. The summed E-state index contributed by atoms with van der Waals surface area (Å²) in [7, 11) is 1.63. The number of fused-ring (bicyclic) bond motifs is 3. The van der Waals surface area contributed by atoms with Gasteiger partial charge in [-0.1, -0.05) is 37.3 Å². The monoisotopic (exact) mass is 459 g/mol. The number of ether oxygens (including phenoxy) is 1. The maximum absolute atomic E-state index is 6.21. The van der Waals surface area contributed by atoms with E-state index in [0.717, 1.165) is 55.8 Å². The first kappa shape index (κ1) is 22.6. The van der Waals surface area contributed by atoms with E-state index < -0.39 is 0 Å². The molecular formula is C26H33N7O. The van der Waals surface area contributed by atoms with Crippen molar-refractivity contribution in [3.63, 3.8) is 0 Å². The summed E-state index contributed by atoms with van der Waals surface area (Å²) >= 11 is 0. The molecule has 8 nitrogen and oxygen atoms in total. The first-order valence-corrected chi connectivity index (χ1v) is 12.1. The molecule has 178 valence electrons. The highest BCUT2D eigenvalue weighted by molar-refractivity contribution is 5.95. The fourth-order valence-electron chi connectivity index (χ4n) is 5.00. The van der Waals surface area contributed by atoms with Gasteiger partial charge < -0.3 is 16.2 Å². The third-order valence-electron chi connectivity index (χ3n) is 6.87. The molecular weight excluding hydrogens is 426 g/mol. The van der Waals surface area contributed by atoms with Crippen molar-refractivity contribution in [1.82, 2.24) is 24.5 Å². The summed E-state index contributed by atoms with van der Waals surface area (Å²) in [6.07, 6.45) is 3.23. The van der Waals surface area contributed by atoms with E-state index in [-0.39, 0.29) is 0 Å². The molecule has 0 radical (unpaired) electrons. The molecule has 0 spiro atoms. The van der Waals surface area contributed by atoms with Gasteiger partial charge in [0.1, 0.15) is 11.3 Å². The summed E-state index contributed by atoms with van der Waals surface area (Å²) in [5.41, 5.74) is 16.2. The van der Waals surface area contributed by atoms with Crippen molar-refractivity contribution in [1.29, 1.82) is 0 Å². The van der Waals surface area contributed by atoms with Gasteiger partial charge in [0.2, 0.25) is 5.95 Å². The second kappa shape index (κ2) is 9.56. The normalized spacial score (nSPS) is 18.0. The third kappa shape index (κ3) is 4.19. The van der Waals surface area contributed by atoms with Crippen molar-refractivity contribution >= 4 is 22.5 Å². The standard InChI is InChI=1S/C26H33N7O/c1-3-12-32(13-11-27)16-17-7-9-18(10-8-17)19-14-20(15-19)24-30-25-21-5-4-6-22(34-2)23(21)29-26(28)33(25)31-24/h4-10,19-20H,3,11-16,27H2,1-2H3,(H2,28,29). The van der Waals surface area contributed by atoms with E-state index in [0.29, 0.717) is 35.6 Å². The Kier molecular flexibility index (Phi) is 6.34. The van der Waals surface area contributed by atoms with Crippen molar-refractivity contribution in [3.05, 3.63) is 59.4 Å². The first-order valence-electron chi connectivity index (χ1n) is 12.1. The average molecular weight is 460 g/mol. The summed E-state index contributed by atoms with van der Waals surface area (Å²) < 4.78 is 7.11. The van der Waals surface area contributed by atoms with Crippen molar-refractivity contribution in [2.24, 2.45) is 5.73 Å². The Morgan fingerprint density at radius 3 is 2.56 bits per heavy atom. The maximum Gasteiger partial charge on any atom is 0.223 e. The molecule has 8 heteroatoms. The van der Waals surface area contributed by atoms with Crippen LogP contribution in [0.2, 0.25) is 0 Å². The summed E-state index contributed by atoms with van der Waals surface area (Å²) in [6, 6.07) is 14.9. The Balaban J connectivity index is 1.30. The molecule has 2 heterocycles. The number of methoxy groups -OCH3 is 1. The molecule has 1 fully saturated rings. The molecule has 0 bridgehead atoms. The quantitative estimate of drug-likeness (QED) is 0.393. The SMILES string of the molecule is CCCN(CCN)Cc1ccc(C2CC(c3nc4c5cccc(OC)c5nc(N)n4n3)C2)cc1. The molecule has 1 aliphatic carbocycles. The minimum absolute atomic E-state index is 0.323. The summed E-state index contributed by atoms with van der Waals surface area (Å²) in [5.74, 6) is 2.71. The van der Waals surface area contributed by atoms with Gasteiger partial charge in [-0.25, -0.2) is 9.97 Å². The first-order chi connectivity index (χ1) is 16.6. The third-order valence-corrected chi connectivity index (χ3v) is 6.87. The van der Waals surface area contributed by atoms with Gasteiger partial charge in [-0.15, -0.1) is 5.10 Å². The number of anilines is 1. The summed E-state index contributed by atoms with van der Waals surface area (Å²) in [5, 5.41) is 5.61. The van der Waals surface area contributed by atoms with E-state index in [2.05, 4.69) is 41.1 Å². The van der Waals surface area contributed by atoms with Crippen molar-refractivity contribution < 1.29 is 4.74 Å². The van der Waals surface area contributed by atoms with E-state index in [1.165, 1.54) is 11.1 Å². The number of benzene rings is 2. The molecule has 0 aliphatic heterocycles. The number of hydrogen-bond acceptors (Lipinski definition) is 7. The van der Waals surface area contributed by atoms with Gasteiger partial charge in [0.05, 0.1) is 7.11 Å². The smallest absolute Gasteiger partial charge is 0.223 e. The molecule has 5 rings (SSSR count). The van der Waals surface area contributed by atoms with Crippen LogP contribution in [0.1, 0.15) is 55.0 Å². The molecule has 34 heavy (non-hydrogen) atoms. The van der Waals surface area contributed by atoms with Crippen LogP contribution in [0.5, 0.6) is 5.75 Å². The Labute approximate surface area is 199 Å². The summed E-state index contributed by atoms with van der Waals surface area (Å²) in [4.78, 5) is 11.8. The zero-order valence-electron chi connectivity index (χ0n) is 19.9. The molecule has 0 unspecified atom stereocenters. The largest absolute Gasteiger partial charge is 0.494 e. The Hall–Kier alpha value is -3.23. The van der Waals surface area contributed by atoms with E-state index in [1.807, 2.05) is 18.2 Å². The van der Waals surface area contributed by atoms with Gasteiger partial charge in [-0.05, 0) is 55.0 Å². The molecule has 0 amide bonds. The minimum Gasteiger partial charge on any atom is -0.494 e. The maximum atomic E-state index is 6.21. The lowest BCUT2D eigenvalue weighted by Gasteiger charge is -2.34. The Morgan fingerprint density at radius 1 is 1.06 bits per heavy atom. The molecule has 2 aromatic carbocycles. The van der Waals surface area contributed by atoms with Crippen LogP contribution in [-0.4, -0.2) is 51.2 Å². The number of nitrogen functional groups attached to an aromatic ring is 1. The lowest BCUT2D eigenvalue weighted by molar-refractivity contribution is 0.273. The van der Waals surface area contributed by atoms with Gasteiger partial charge in [0.15, 0.2) is 11.5 Å². The zero-order chi connectivity index (χ0) is 23.7. The topological polar surface area (TPSA) is 108 Å². The number of para-hydroxylation sites is 1. The van der Waals surface area contributed by atoms with Crippen LogP contribution >= 0.6 is 0 Å². The molecule has 1 saturated carbocycles. The predicted octanol–water partition coefficient (Wildman–Crippen LogP) is 3.70. The fourth-order valence-corrected chi connectivity index (χ4v) is 5.00. The van der Waals surface area contributed by atoms with Gasteiger partial charge >= 0.3 is 0 Å². The van der Waals surface area contributed by atoms with Gasteiger partial charge in [0, 0.05) is 30.9 Å². The highest BCUT2D eigenvalue weighted by Gasteiger charge is 2.34. The number of nitrogens with zero attached hydrogens (tertiary/aromatic N) is 5. The number of nitrogens with two attached hydrogens (primary N) is 2. The van der Waals surface area contributed by atoms with E-state index in [9.17, 15) is 0 Å². The molecule has 2 aromatic heterocycles. The average Bonchev–Trinajstić information content (AvgIpc) is 3.25. The summed E-state index contributed by atoms with van der Waals surface area (Å²) in [6.45, 7) is 5.88. The van der Waals surface area contributed by atoms with Crippen molar-refractivity contribution in [3.8, 4) is 5.75 Å². The van der Waals surface area contributed by atoms with Gasteiger partial charge in [-0.2, -0.15) is 4.52 Å². The van der Waals surface area contributed by atoms with Gasteiger partial charge in [0.25, 0.3) is 0 Å².